The maximum Gasteiger partial charge on any atom is 0.303 e. The van der Waals surface area contributed by atoms with Gasteiger partial charge < -0.3 is 14.2 Å². The van der Waals surface area contributed by atoms with Crippen molar-refractivity contribution in [3.8, 4) is 23.0 Å². The van der Waals surface area contributed by atoms with Crippen LogP contribution in [0.15, 0.2) is 36.5 Å². The van der Waals surface area contributed by atoms with Crippen LogP contribution in [0.1, 0.15) is 23.7 Å². The zero-order valence-electron chi connectivity index (χ0n) is 16.5. The predicted octanol–water partition coefficient (Wildman–Crippen LogP) is 3.96. The summed E-state index contributed by atoms with van der Waals surface area (Å²) >= 11 is 0. The summed E-state index contributed by atoms with van der Waals surface area (Å²) in [6.45, 7) is 8.43. The molecule has 0 aliphatic heterocycles. The van der Waals surface area contributed by atoms with E-state index < -0.39 is 8.07 Å². The molecule has 5 nitrogen and oxygen atoms in total. The van der Waals surface area contributed by atoms with Crippen LogP contribution in [0.3, 0.4) is 0 Å². The molecule has 1 aromatic carbocycles. The zero-order chi connectivity index (χ0) is 19.9. The SMILES string of the molecule is COc1ccc(COc2cnc(COC(C)=O)cc2C#C[Si](C)(C)C)cc1. The maximum absolute atomic E-state index is 11.0. The summed E-state index contributed by atoms with van der Waals surface area (Å²) in [5.74, 6) is 4.30. The average molecular weight is 384 g/mol. The van der Waals surface area contributed by atoms with Crippen molar-refractivity contribution in [2.45, 2.75) is 39.8 Å². The molecule has 1 heterocycles. The van der Waals surface area contributed by atoms with Crippen molar-refractivity contribution in [1.82, 2.24) is 4.98 Å². The Morgan fingerprint density at radius 3 is 2.44 bits per heavy atom. The van der Waals surface area contributed by atoms with Gasteiger partial charge in [-0.25, -0.2) is 0 Å². The highest BCUT2D eigenvalue weighted by Gasteiger charge is 2.10. The van der Waals surface area contributed by atoms with Gasteiger partial charge in [-0.2, -0.15) is 0 Å². The summed E-state index contributed by atoms with van der Waals surface area (Å²) in [4.78, 5) is 15.3. The molecule has 0 N–H and O–H groups in total. The molecule has 0 fully saturated rings. The summed E-state index contributed by atoms with van der Waals surface area (Å²) in [5, 5.41) is 0. The lowest BCUT2D eigenvalue weighted by Gasteiger charge is -2.11. The molecule has 2 aromatic rings. The van der Waals surface area contributed by atoms with Gasteiger partial charge in [0.2, 0.25) is 0 Å². The third-order valence-corrected chi connectivity index (χ3v) is 4.35. The lowest BCUT2D eigenvalue weighted by Crippen LogP contribution is -2.16. The molecule has 27 heavy (non-hydrogen) atoms. The number of aromatic nitrogens is 1. The number of benzene rings is 1. The first-order chi connectivity index (χ1) is 12.8. The number of pyridine rings is 1. The van der Waals surface area contributed by atoms with E-state index in [4.69, 9.17) is 14.2 Å². The fraction of sp³-hybridized carbons (Fsp3) is 0.333. The van der Waals surface area contributed by atoms with Crippen LogP contribution in [0.5, 0.6) is 11.5 Å². The second kappa shape index (κ2) is 9.24. The molecule has 0 saturated carbocycles. The van der Waals surface area contributed by atoms with Crippen LogP contribution < -0.4 is 9.47 Å². The molecule has 0 atom stereocenters. The van der Waals surface area contributed by atoms with Gasteiger partial charge in [0.25, 0.3) is 0 Å². The standard InChI is InChI=1S/C21H25NO4Si/c1-16(23)25-15-19-12-18(10-11-27(3,4)5)21(13-22-19)26-14-17-6-8-20(24-2)9-7-17/h6-9,12-13H,14-15H2,1-5H3. The minimum absolute atomic E-state index is 0.121. The quantitative estimate of drug-likeness (QED) is 0.429. The smallest absolute Gasteiger partial charge is 0.303 e. The summed E-state index contributed by atoms with van der Waals surface area (Å²) in [6, 6.07) is 9.51. The highest BCUT2D eigenvalue weighted by molar-refractivity contribution is 6.83. The van der Waals surface area contributed by atoms with E-state index >= 15 is 0 Å². The molecule has 0 aliphatic rings. The van der Waals surface area contributed by atoms with Crippen LogP contribution in [0, 0.1) is 11.5 Å². The first-order valence-corrected chi connectivity index (χ1v) is 12.2. The molecule has 0 aliphatic carbocycles. The third-order valence-electron chi connectivity index (χ3n) is 3.47. The van der Waals surface area contributed by atoms with Crippen molar-refractivity contribution >= 4 is 14.0 Å². The van der Waals surface area contributed by atoms with Gasteiger partial charge in [0.05, 0.1) is 24.6 Å². The van der Waals surface area contributed by atoms with E-state index in [0.717, 1.165) is 16.9 Å². The van der Waals surface area contributed by atoms with E-state index in [2.05, 4.69) is 36.1 Å². The van der Waals surface area contributed by atoms with Gasteiger partial charge in [0, 0.05) is 6.92 Å². The third kappa shape index (κ3) is 7.16. The number of carbonyl (C=O) groups is 1. The number of hydrogen-bond acceptors (Lipinski definition) is 5. The largest absolute Gasteiger partial charge is 0.497 e. The molecule has 6 heteroatoms. The zero-order valence-corrected chi connectivity index (χ0v) is 17.5. The molecule has 0 amide bonds. The molecule has 2 rings (SSSR count). The van der Waals surface area contributed by atoms with Gasteiger partial charge in [-0.1, -0.05) is 37.7 Å². The molecule has 0 saturated heterocycles. The van der Waals surface area contributed by atoms with E-state index in [0.29, 0.717) is 18.1 Å². The van der Waals surface area contributed by atoms with Gasteiger partial charge in [-0.15, -0.1) is 5.54 Å². The van der Waals surface area contributed by atoms with Gasteiger partial charge in [-0.3, -0.25) is 9.78 Å². The number of ether oxygens (including phenoxy) is 3. The summed E-state index contributed by atoms with van der Waals surface area (Å²) in [7, 11) is 0.0865. The fourth-order valence-corrected chi connectivity index (χ4v) is 2.60. The van der Waals surface area contributed by atoms with Gasteiger partial charge in [0.15, 0.2) is 5.75 Å². The number of carbonyl (C=O) groups excluding carboxylic acids is 1. The Kier molecular flexibility index (Phi) is 7.03. The molecule has 0 bridgehead atoms. The van der Waals surface area contributed by atoms with Crippen LogP contribution >= 0.6 is 0 Å². The lowest BCUT2D eigenvalue weighted by molar-refractivity contribution is -0.142. The Morgan fingerprint density at radius 1 is 1.15 bits per heavy atom. The van der Waals surface area contributed by atoms with Crippen LogP contribution in [0.2, 0.25) is 19.6 Å². The number of methoxy groups -OCH3 is 1. The molecule has 1 aromatic heterocycles. The second-order valence-corrected chi connectivity index (χ2v) is 11.8. The summed E-state index contributed by atoms with van der Waals surface area (Å²) in [5.41, 5.74) is 5.75. The lowest BCUT2D eigenvalue weighted by atomic mass is 10.2. The van der Waals surface area contributed by atoms with Crippen LogP contribution in [0.25, 0.3) is 0 Å². The molecule has 142 valence electrons. The van der Waals surface area contributed by atoms with Crippen molar-refractivity contribution < 1.29 is 19.0 Å². The Labute approximate surface area is 161 Å². The van der Waals surface area contributed by atoms with Gasteiger partial charge >= 0.3 is 5.97 Å². The Morgan fingerprint density at radius 2 is 1.85 bits per heavy atom. The van der Waals surface area contributed by atoms with Crippen molar-refractivity contribution in [2.75, 3.05) is 7.11 Å². The first kappa shape index (κ1) is 20.5. The van der Waals surface area contributed by atoms with Crippen molar-refractivity contribution in [3.63, 3.8) is 0 Å². The molecular formula is C21H25NO4Si. The Bertz CT molecular complexity index is 845. The number of rotatable bonds is 6. The highest BCUT2D eigenvalue weighted by Crippen LogP contribution is 2.20. The van der Waals surface area contributed by atoms with Gasteiger partial charge in [-0.05, 0) is 23.8 Å². The van der Waals surface area contributed by atoms with Crippen molar-refractivity contribution in [2.24, 2.45) is 0 Å². The van der Waals surface area contributed by atoms with Crippen LogP contribution in [-0.4, -0.2) is 26.1 Å². The normalized spacial score (nSPS) is 10.6. The summed E-state index contributed by atoms with van der Waals surface area (Å²) < 4.78 is 16.1. The molecule has 0 spiro atoms. The minimum atomic E-state index is -1.55. The fourth-order valence-electron chi connectivity index (χ4n) is 2.09. The molecule has 0 radical (unpaired) electrons. The molecule has 0 unspecified atom stereocenters. The minimum Gasteiger partial charge on any atom is -0.497 e. The van der Waals surface area contributed by atoms with E-state index in [1.165, 1.54) is 6.92 Å². The van der Waals surface area contributed by atoms with Crippen molar-refractivity contribution in [1.29, 1.82) is 0 Å². The van der Waals surface area contributed by atoms with E-state index in [1.807, 2.05) is 30.3 Å². The van der Waals surface area contributed by atoms with Crippen molar-refractivity contribution in [3.05, 3.63) is 53.3 Å². The second-order valence-electron chi connectivity index (χ2n) is 7.09. The van der Waals surface area contributed by atoms with Crippen LogP contribution in [-0.2, 0) is 22.7 Å². The number of esters is 1. The predicted molar refractivity (Wildman–Crippen MR) is 107 cm³/mol. The number of nitrogens with zero attached hydrogens (tertiary/aromatic N) is 1. The number of hydrogen-bond donors (Lipinski definition) is 0. The van der Waals surface area contributed by atoms with Gasteiger partial charge in [0.1, 0.15) is 27.0 Å². The highest BCUT2D eigenvalue weighted by atomic mass is 28.3. The van der Waals surface area contributed by atoms with Crippen LogP contribution in [0.4, 0.5) is 0 Å². The average Bonchev–Trinajstić information content (AvgIpc) is 2.63. The molecular weight excluding hydrogens is 358 g/mol. The first-order valence-electron chi connectivity index (χ1n) is 8.68. The Hall–Kier alpha value is -2.78. The van der Waals surface area contributed by atoms with E-state index in [1.54, 1.807) is 13.3 Å². The van der Waals surface area contributed by atoms with E-state index in [9.17, 15) is 4.79 Å². The summed E-state index contributed by atoms with van der Waals surface area (Å²) in [6.07, 6.45) is 1.64. The topological polar surface area (TPSA) is 57.6 Å². The Balaban J connectivity index is 2.21. The maximum atomic E-state index is 11.0. The van der Waals surface area contributed by atoms with E-state index in [-0.39, 0.29) is 12.6 Å². The monoisotopic (exact) mass is 383 g/mol.